The van der Waals surface area contributed by atoms with Gasteiger partial charge in [0.1, 0.15) is 5.75 Å². The summed E-state index contributed by atoms with van der Waals surface area (Å²) < 4.78 is 5.09. The molecule has 1 amide bonds. The molecule has 0 heterocycles. The molecule has 1 aliphatic rings. The van der Waals surface area contributed by atoms with Crippen molar-refractivity contribution in [2.24, 2.45) is 0 Å². The van der Waals surface area contributed by atoms with Gasteiger partial charge in [-0.15, -0.1) is 0 Å². The Morgan fingerprint density at radius 1 is 1.35 bits per heavy atom. The maximum atomic E-state index is 12.1. The van der Waals surface area contributed by atoms with E-state index in [0.29, 0.717) is 17.0 Å². The Balaban J connectivity index is 1.99. The summed E-state index contributed by atoms with van der Waals surface area (Å²) >= 11 is 0. The van der Waals surface area contributed by atoms with Gasteiger partial charge < -0.3 is 20.9 Å². The molecule has 0 bridgehead atoms. The van der Waals surface area contributed by atoms with Crippen LogP contribution in [0.2, 0.25) is 0 Å². The molecule has 20 heavy (non-hydrogen) atoms. The van der Waals surface area contributed by atoms with Crippen LogP contribution in [0.3, 0.4) is 0 Å². The summed E-state index contributed by atoms with van der Waals surface area (Å²) in [5.41, 5.74) is 5.89. The van der Waals surface area contributed by atoms with Crippen molar-refractivity contribution in [3.63, 3.8) is 0 Å². The molecule has 2 rings (SSSR count). The predicted octanol–water partition coefficient (Wildman–Crippen LogP) is 1.70. The van der Waals surface area contributed by atoms with Gasteiger partial charge in [-0.2, -0.15) is 0 Å². The van der Waals surface area contributed by atoms with Crippen LogP contribution in [0.5, 0.6) is 5.75 Å². The Morgan fingerprint density at radius 2 is 2.05 bits per heavy atom. The summed E-state index contributed by atoms with van der Waals surface area (Å²) in [6, 6.07) is 4.89. The standard InChI is InChI=1S/C15H22N2O3/c1-20-13-8-11(7-12(16)9-13)14(18)17-10-15(19)5-3-2-4-6-15/h7-9,19H,2-6,10,16H2,1H3,(H,17,18). The molecule has 110 valence electrons. The Hall–Kier alpha value is -1.75. The van der Waals surface area contributed by atoms with E-state index < -0.39 is 5.60 Å². The smallest absolute Gasteiger partial charge is 0.251 e. The van der Waals surface area contributed by atoms with Gasteiger partial charge in [0.15, 0.2) is 0 Å². The van der Waals surface area contributed by atoms with Gasteiger partial charge in [-0.25, -0.2) is 0 Å². The summed E-state index contributed by atoms with van der Waals surface area (Å²) in [7, 11) is 1.53. The Kier molecular flexibility index (Phi) is 4.49. The highest BCUT2D eigenvalue weighted by atomic mass is 16.5. The molecule has 0 aromatic heterocycles. The summed E-state index contributed by atoms with van der Waals surface area (Å²) in [6.45, 7) is 0.281. The average molecular weight is 278 g/mol. The first-order chi connectivity index (χ1) is 9.52. The molecular formula is C15H22N2O3. The SMILES string of the molecule is COc1cc(N)cc(C(=O)NCC2(O)CCCCC2)c1. The highest BCUT2D eigenvalue weighted by Crippen LogP contribution is 2.27. The third-order valence-electron chi connectivity index (χ3n) is 3.79. The number of nitrogen functional groups attached to an aromatic ring is 1. The van der Waals surface area contributed by atoms with Crippen LogP contribution in [-0.2, 0) is 0 Å². The van der Waals surface area contributed by atoms with Crippen LogP contribution in [0.4, 0.5) is 5.69 Å². The molecule has 4 N–H and O–H groups in total. The van der Waals surface area contributed by atoms with Crippen LogP contribution in [0.25, 0.3) is 0 Å². The summed E-state index contributed by atoms with van der Waals surface area (Å²) in [6.07, 6.45) is 4.67. The normalized spacial score (nSPS) is 17.5. The Bertz CT molecular complexity index is 482. The minimum atomic E-state index is -0.766. The fourth-order valence-electron chi connectivity index (χ4n) is 2.60. The van der Waals surface area contributed by atoms with E-state index in [1.54, 1.807) is 18.2 Å². The first-order valence-electron chi connectivity index (χ1n) is 6.98. The zero-order valence-corrected chi connectivity index (χ0v) is 11.8. The number of benzene rings is 1. The van der Waals surface area contributed by atoms with E-state index in [4.69, 9.17) is 10.5 Å². The number of hydrogen-bond acceptors (Lipinski definition) is 4. The van der Waals surface area contributed by atoms with Crippen molar-refractivity contribution in [2.45, 2.75) is 37.7 Å². The minimum Gasteiger partial charge on any atom is -0.497 e. The van der Waals surface area contributed by atoms with Crippen molar-refractivity contribution in [3.05, 3.63) is 23.8 Å². The number of anilines is 1. The molecule has 0 unspecified atom stereocenters. The number of methoxy groups -OCH3 is 1. The minimum absolute atomic E-state index is 0.241. The quantitative estimate of drug-likeness (QED) is 0.732. The molecule has 0 atom stereocenters. The van der Waals surface area contributed by atoms with E-state index in [1.165, 1.54) is 7.11 Å². The van der Waals surface area contributed by atoms with Crippen LogP contribution >= 0.6 is 0 Å². The zero-order valence-electron chi connectivity index (χ0n) is 11.8. The van der Waals surface area contributed by atoms with Crippen molar-refractivity contribution < 1.29 is 14.6 Å². The number of carbonyl (C=O) groups excluding carboxylic acids is 1. The Morgan fingerprint density at radius 3 is 2.70 bits per heavy atom. The third-order valence-corrected chi connectivity index (χ3v) is 3.79. The summed E-state index contributed by atoms with van der Waals surface area (Å²) in [4.78, 5) is 12.1. The lowest BCUT2D eigenvalue weighted by Crippen LogP contribution is -2.44. The largest absolute Gasteiger partial charge is 0.497 e. The van der Waals surface area contributed by atoms with E-state index in [0.717, 1.165) is 32.1 Å². The maximum absolute atomic E-state index is 12.1. The molecule has 1 aliphatic carbocycles. The van der Waals surface area contributed by atoms with E-state index in [9.17, 15) is 9.90 Å². The number of aliphatic hydroxyl groups is 1. The van der Waals surface area contributed by atoms with Crippen molar-refractivity contribution in [2.75, 3.05) is 19.4 Å². The number of carbonyl (C=O) groups is 1. The van der Waals surface area contributed by atoms with Crippen LogP contribution < -0.4 is 15.8 Å². The number of rotatable bonds is 4. The van der Waals surface area contributed by atoms with Crippen LogP contribution in [-0.4, -0.2) is 30.3 Å². The molecule has 1 fully saturated rings. The third kappa shape index (κ3) is 3.63. The van der Waals surface area contributed by atoms with Crippen molar-refractivity contribution in [1.29, 1.82) is 0 Å². The molecule has 0 radical (unpaired) electrons. The van der Waals surface area contributed by atoms with E-state index >= 15 is 0 Å². The van der Waals surface area contributed by atoms with Crippen molar-refractivity contribution in [1.82, 2.24) is 5.32 Å². The topological polar surface area (TPSA) is 84.6 Å². The first-order valence-corrected chi connectivity index (χ1v) is 6.98. The molecule has 5 nitrogen and oxygen atoms in total. The zero-order chi connectivity index (χ0) is 14.6. The lowest BCUT2D eigenvalue weighted by molar-refractivity contribution is 0.00526. The first kappa shape index (κ1) is 14.7. The van der Waals surface area contributed by atoms with Gasteiger partial charge in [-0.1, -0.05) is 19.3 Å². The van der Waals surface area contributed by atoms with E-state index in [2.05, 4.69) is 5.32 Å². The fourth-order valence-corrected chi connectivity index (χ4v) is 2.60. The summed E-state index contributed by atoms with van der Waals surface area (Å²) in [5, 5.41) is 13.1. The molecule has 1 saturated carbocycles. The van der Waals surface area contributed by atoms with Crippen LogP contribution in [0, 0.1) is 0 Å². The van der Waals surface area contributed by atoms with Crippen molar-refractivity contribution >= 4 is 11.6 Å². The molecule has 1 aromatic rings. The van der Waals surface area contributed by atoms with Gasteiger partial charge >= 0.3 is 0 Å². The lowest BCUT2D eigenvalue weighted by atomic mass is 9.85. The second-order valence-electron chi connectivity index (χ2n) is 5.46. The number of ether oxygens (including phenoxy) is 1. The molecule has 0 saturated heterocycles. The highest BCUT2D eigenvalue weighted by molar-refractivity contribution is 5.95. The molecule has 5 heteroatoms. The number of amides is 1. The second-order valence-corrected chi connectivity index (χ2v) is 5.46. The predicted molar refractivity (Wildman–Crippen MR) is 77.8 cm³/mol. The van der Waals surface area contributed by atoms with Gasteiger partial charge in [0.05, 0.1) is 12.7 Å². The van der Waals surface area contributed by atoms with Crippen LogP contribution in [0.1, 0.15) is 42.5 Å². The molecule has 0 spiro atoms. The summed E-state index contributed by atoms with van der Waals surface area (Å²) in [5.74, 6) is 0.307. The second kappa shape index (κ2) is 6.13. The van der Waals surface area contributed by atoms with E-state index in [-0.39, 0.29) is 12.5 Å². The number of nitrogens with two attached hydrogens (primary N) is 1. The van der Waals surface area contributed by atoms with E-state index in [1.807, 2.05) is 0 Å². The number of hydrogen-bond donors (Lipinski definition) is 3. The van der Waals surface area contributed by atoms with Gasteiger partial charge in [0.25, 0.3) is 5.91 Å². The Labute approximate surface area is 119 Å². The molecule has 1 aromatic carbocycles. The lowest BCUT2D eigenvalue weighted by Gasteiger charge is -2.32. The monoisotopic (exact) mass is 278 g/mol. The van der Waals surface area contributed by atoms with Gasteiger partial charge in [-0.3, -0.25) is 4.79 Å². The maximum Gasteiger partial charge on any atom is 0.251 e. The molecular weight excluding hydrogens is 256 g/mol. The fraction of sp³-hybridized carbons (Fsp3) is 0.533. The van der Waals surface area contributed by atoms with Crippen molar-refractivity contribution in [3.8, 4) is 5.75 Å². The van der Waals surface area contributed by atoms with Crippen LogP contribution in [0.15, 0.2) is 18.2 Å². The highest BCUT2D eigenvalue weighted by Gasteiger charge is 2.29. The number of nitrogens with one attached hydrogen (secondary N) is 1. The van der Waals surface area contributed by atoms with Gasteiger partial charge in [0.2, 0.25) is 0 Å². The molecule has 0 aliphatic heterocycles. The van der Waals surface area contributed by atoms with Gasteiger partial charge in [0, 0.05) is 23.9 Å². The van der Waals surface area contributed by atoms with Gasteiger partial charge in [-0.05, 0) is 25.0 Å². The average Bonchev–Trinajstić information content (AvgIpc) is 2.45.